The lowest BCUT2D eigenvalue weighted by Gasteiger charge is -2.20. The third kappa shape index (κ3) is 3.70. The predicted octanol–water partition coefficient (Wildman–Crippen LogP) is 2.16. The fourth-order valence-electron chi connectivity index (χ4n) is 1.91. The summed E-state index contributed by atoms with van der Waals surface area (Å²) in [6, 6.07) is 8.21. The molecule has 1 aromatic rings. The number of hydrazine groups is 1. The van der Waals surface area contributed by atoms with Gasteiger partial charge >= 0.3 is 0 Å². The average Bonchev–Trinajstić information content (AvgIpc) is 3.19. The van der Waals surface area contributed by atoms with E-state index in [-0.39, 0.29) is 12.1 Å². The van der Waals surface area contributed by atoms with E-state index in [0.717, 1.165) is 17.7 Å². The van der Waals surface area contributed by atoms with Crippen LogP contribution < -0.4 is 16.0 Å². The van der Waals surface area contributed by atoms with Gasteiger partial charge in [-0.25, -0.2) is 0 Å². The van der Waals surface area contributed by atoms with E-state index < -0.39 is 0 Å². The molecule has 1 aliphatic carbocycles. The van der Waals surface area contributed by atoms with Gasteiger partial charge in [0.25, 0.3) is 0 Å². The number of nitrogens with one attached hydrogen (secondary N) is 1. The monoisotopic (exact) mass is 250 g/mol. The van der Waals surface area contributed by atoms with Crippen molar-refractivity contribution in [2.24, 2.45) is 5.84 Å². The molecule has 1 fully saturated rings. The molecule has 3 N–H and O–H groups in total. The highest BCUT2D eigenvalue weighted by molar-refractivity contribution is 5.31. The lowest BCUT2D eigenvalue weighted by atomic mass is 10.0. The number of ether oxygens (including phenoxy) is 2. The van der Waals surface area contributed by atoms with Crippen LogP contribution in [0.3, 0.4) is 0 Å². The van der Waals surface area contributed by atoms with Crippen LogP contribution in [0, 0.1) is 0 Å². The number of rotatable bonds is 7. The molecule has 4 nitrogen and oxygen atoms in total. The summed E-state index contributed by atoms with van der Waals surface area (Å²) in [4.78, 5) is 0. The molecule has 100 valence electrons. The van der Waals surface area contributed by atoms with Gasteiger partial charge in [-0.3, -0.25) is 11.3 Å². The average molecular weight is 250 g/mol. The van der Waals surface area contributed by atoms with E-state index >= 15 is 0 Å². The molecular weight excluding hydrogens is 228 g/mol. The highest BCUT2D eigenvalue weighted by Gasteiger charge is 2.23. The van der Waals surface area contributed by atoms with Gasteiger partial charge < -0.3 is 9.47 Å². The molecule has 0 heterocycles. The van der Waals surface area contributed by atoms with Crippen molar-refractivity contribution in [2.75, 3.05) is 7.11 Å². The van der Waals surface area contributed by atoms with Crippen molar-refractivity contribution in [1.29, 1.82) is 0 Å². The molecule has 0 aliphatic heterocycles. The fourth-order valence-corrected chi connectivity index (χ4v) is 1.91. The van der Waals surface area contributed by atoms with Crippen LogP contribution in [0.5, 0.6) is 5.75 Å². The quantitative estimate of drug-likeness (QED) is 0.575. The molecule has 0 amide bonds. The molecule has 0 bridgehead atoms. The fraction of sp³-hybridized carbons (Fsp3) is 0.571. The van der Waals surface area contributed by atoms with Gasteiger partial charge in [-0.2, -0.15) is 0 Å². The summed E-state index contributed by atoms with van der Waals surface area (Å²) in [6.07, 6.45) is 3.76. The largest absolute Gasteiger partial charge is 0.490 e. The third-order valence-electron chi connectivity index (χ3n) is 3.26. The Morgan fingerprint density at radius 2 is 2.22 bits per heavy atom. The maximum absolute atomic E-state index is 5.79. The van der Waals surface area contributed by atoms with E-state index in [2.05, 4.69) is 17.6 Å². The van der Waals surface area contributed by atoms with Crippen molar-refractivity contribution in [3.05, 3.63) is 29.8 Å². The molecule has 0 aromatic heterocycles. The number of hydrogen-bond donors (Lipinski definition) is 2. The van der Waals surface area contributed by atoms with E-state index in [1.54, 1.807) is 7.11 Å². The van der Waals surface area contributed by atoms with E-state index in [1.807, 2.05) is 19.1 Å². The summed E-state index contributed by atoms with van der Waals surface area (Å²) < 4.78 is 11.1. The zero-order valence-electron chi connectivity index (χ0n) is 11.1. The van der Waals surface area contributed by atoms with E-state index in [9.17, 15) is 0 Å². The first-order valence-electron chi connectivity index (χ1n) is 6.48. The molecule has 1 aromatic carbocycles. The maximum Gasteiger partial charge on any atom is 0.120 e. The predicted molar refractivity (Wildman–Crippen MR) is 71.2 cm³/mol. The van der Waals surface area contributed by atoms with Crippen molar-refractivity contribution in [3.63, 3.8) is 0 Å². The topological polar surface area (TPSA) is 56.5 Å². The second-order valence-corrected chi connectivity index (χ2v) is 4.89. The van der Waals surface area contributed by atoms with Crippen LogP contribution in [0.4, 0.5) is 0 Å². The lowest BCUT2D eigenvalue weighted by molar-refractivity contribution is 0.100. The smallest absolute Gasteiger partial charge is 0.120 e. The van der Waals surface area contributed by atoms with E-state index in [4.69, 9.17) is 15.3 Å². The van der Waals surface area contributed by atoms with Crippen LogP contribution in [0.15, 0.2) is 24.3 Å². The Balaban J connectivity index is 2.03. The standard InChI is InChI=1S/C14H22N2O2/c1-10(17-2)8-14(16-15)11-4-3-5-13(9-11)18-12-6-7-12/h3-5,9-10,12,14,16H,6-8,15H2,1-2H3. The van der Waals surface area contributed by atoms with Gasteiger partial charge in [0.1, 0.15) is 5.75 Å². The zero-order valence-corrected chi connectivity index (χ0v) is 11.1. The molecule has 1 aliphatic rings. The van der Waals surface area contributed by atoms with Crippen LogP contribution in [-0.2, 0) is 4.74 Å². The summed E-state index contributed by atoms with van der Waals surface area (Å²) in [7, 11) is 1.71. The molecule has 2 rings (SSSR count). The molecule has 0 radical (unpaired) electrons. The minimum Gasteiger partial charge on any atom is -0.490 e. The summed E-state index contributed by atoms with van der Waals surface area (Å²) >= 11 is 0. The number of methoxy groups -OCH3 is 1. The van der Waals surface area contributed by atoms with Gasteiger partial charge in [-0.15, -0.1) is 0 Å². The third-order valence-corrected chi connectivity index (χ3v) is 3.26. The highest BCUT2D eigenvalue weighted by atomic mass is 16.5. The first-order chi connectivity index (χ1) is 8.72. The van der Waals surface area contributed by atoms with Crippen LogP contribution in [0.1, 0.15) is 37.8 Å². The van der Waals surface area contributed by atoms with Crippen LogP contribution in [0.2, 0.25) is 0 Å². The van der Waals surface area contributed by atoms with E-state index in [0.29, 0.717) is 6.10 Å². The molecule has 2 atom stereocenters. The van der Waals surface area contributed by atoms with Gasteiger partial charge in [0.15, 0.2) is 0 Å². The maximum atomic E-state index is 5.79. The number of hydrogen-bond acceptors (Lipinski definition) is 4. The van der Waals surface area contributed by atoms with Crippen LogP contribution in [-0.4, -0.2) is 19.3 Å². The van der Waals surface area contributed by atoms with Crippen LogP contribution in [0.25, 0.3) is 0 Å². The Labute approximate surface area is 108 Å². The molecule has 0 spiro atoms. The first kappa shape index (κ1) is 13.3. The van der Waals surface area contributed by atoms with Crippen molar-refractivity contribution in [2.45, 2.75) is 44.4 Å². The van der Waals surface area contributed by atoms with Crippen molar-refractivity contribution in [3.8, 4) is 5.75 Å². The summed E-state index contributed by atoms with van der Waals surface area (Å²) in [5, 5.41) is 0. The van der Waals surface area contributed by atoms with Crippen LogP contribution >= 0.6 is 0 Å². The second kappa shape index (κ2) is 6.18. The second-order valence-electron chi connectivity index (χ2n) is 4.89. The summed E-state index contributed by atoms with van der Waals surface area (Å²) in [6.45, 7) is 2.04. The van der Waals surface area contributed by atoms with Gasteiger partial charge in [-0.05, 0) is 43.9 Å². The Bertz CT molecular complexity index is 380. The Hall–Kier alpha value is -1.10. The lowest BCUT2D eigenvalue weighted by Crippen LogP contribution is -2.30. The normalized spacial score (nSPS) is 18.4. The van der Waals surface area contributed by atoms with Crippen molar-refractivity contribution in [1.82, 2.24) is 5.43 Å². The first-order valence-corrected chi connectivity index (χ1v) is 6.48. The molecule has 0 saturated heterocycles. The Morgan fingerprint density at radius 3 is 2.83 bits per heavy atom. The molecule has 1 saturated carbocycles. The van der Waals surface area contributed by atoms with Crippen molar-refractivity contribution >= 4 is 0 Å². The summed E-state index contributed by atoms with van der Waals surface area (Å²) in [5.41, 5.74) is 3.98. The molecule has 4 heteroatoms. The Kier molecular flexibility index (Phi) is 4.58. The van der Waals surface area contributed by atoms with Gasteiger partial charge in [0.2, 0.25) is 0 Å². The van der Waals surface area contributed by atoms with Gasteiger partial charge in [-0.1, -0.05) is 12.1 Å². The minimum absolute atomic E-state index is 0.0858. The number of benzene rings is 1. The SMILES string of the molecule is COC(C)CC(NN)c1cccc(OC2CC2)c1. The number of nitrogens with two attached hydrogens (primary N) is 1. The summed E-state index contributed by atoms with van der Waals surface area (Å²) in [5.74, 6) is 6.56. The highest BCUT2D eigenvalue weighted by Crippen LogP contribution is 2.29. The molecule has 18 heavy (non-hydrogen) atoms. The van der Waals surface area contributed by atoms with Crippen molar-refractivity contribution < 1.29 is 9.47 Å². The van der Waals surface area contributed by atoms with Gasteiger partial charge in [0.05, 0.1) is 12.2 Å². The van der Waals surface area contributed by atoms with E-state index in [1.165, 1.54) is 12.8 Å². The molecule has 2 unspecified atom stereocenters. The minimum atomic E-state index is 0.0858. The Morgan fingerprint density at radius 1 is 1.44 bits per heavy atom. The van der Waals surface area contributed by atoms with Gasteiger partial charge in [0, 0.05) is 13.2 Å². The molecular formula is C14H22N2O2. The zero-order chi connectivity index (χ0) is 13.0.